The first-order valence-corrected chi connectivity index (χ1v) is 7.66. The molecule has 1 amide bonds. The smallest absolute Gasteiger partial charge is 0.326 e. The van der Waals surface area contributed by atoms with Crippen LogP contribution in [0.3, 0.4) is 0 Å². The predicted octanol–water partition coefficient (Wildman–Crippen LogP) is 2.63. The number of nitrogens with zero attached hydrogens (tertiary/aromatic N) is 1. The summed E-state index contributed by atoms with van der Waals surface area (Å²) >= 11 is 3.44. The number of carbonyl (C=O) groups excluding carboxylic acids is 1. The van der Waals surface area contributed by atoms with Gasteiger partial charge in [0.25, 0.3) is 0 Å². The van der Waals surface area contributed by atoms with Crippen LogP contribution in [-0.4, -0.2) is 34.5 Å². The Bertz CT molecular complexity index is 560. The first-order valence-electron chi connectivity index (χ1n) is 6.86. The van der Waals surface area contributed by atoms with Crippen LogP contribution in [0.2, 0.25) is 0 Å². The first kappa shape index (κ1) is 13.6. The fourth-order valence-electron chi connectivity index (χ4n) is 3.07. The van der Waals surface area contributed by atoms with Gasteiger partial charge < -0.3 is 10.0 Å². The summed E-state index contributed by atoms with van der Waals surface area (Å²) in [5.74, 6) is -0.658. The fraction of sp³-hybridized carbons (Fsp3) is 0.467. The summed E-state index contributed by atoms with van der Waals surface area (Å²) in [5, 5.41) is 9.15. The van der Waals surface area contributed by atoms with Gasteiger partial charge in [0.1, 0.15) is 6.04 Å². The molecule has 0 unspecified atom stereocenters. The van der Waals surface area contributed by atoms with E-state index in [0.717, 1.165) is 22.9 Å². The van der Waals surface area contributed by atoms with Gasteiger partial charge in [-0.2, -0.15) is 0 Å². The second-order valence-corrected chi connectivity index (χ2v) is 6.45. The summed E-state index contributed by atoms with van der Waals surface area (Å²) in [6.45, 7) is 0.581. The Morgan fingerprint density at radius 2 is 2.15 bits per heavy atom. The molecule has 1 heterocycles. The molecule has 1 N–H and O–H groups in total. The number of carboxylic acids is 1. The van der Waals surface area contributed by atoms with E-state index in [-0.39, 0.29) is 17.7 Å². The quantitative estimate of drug-likeness (QED) is 0.922. The van der Waals surface area contributed by atoms with Crippen LogP contribution in [0.25, 0.3) is 0 Å². The first-order chi connectivity index (χ1) is 9.58. The maximum Gasteiger partial charge on any atom is 0.326 e. The van der Waals surface area contributed by atoms with Crippen molar-refractivity contribution in [1.82, 2.24) is 4.90 Å². The van der Waals surface area contributed by atoms with E-state index in [2.05, 4.69) is 15.9 Å². The van der Waals surface area contributed by atoms with Crippen molar-refractivity contribution in [1.29, 1.82) is 0 Å². The number of rotatable bonds is 3. The molecule has 0 radical (unpaired) electrons. The average Bonchev–Trinajstić information content (AvgIpc) is 3.06. The van der Waals surface area contributed by atoms with Gasteiger partial charge in [-0.3, -0.25) is 4.79 Å². The Balaban J connectivity index is 1.70. The van der Waals surface area contributed by atoms with Gasteiger partial charge in [0.05, 0.1) is 0 Å². The molecule has 1 aliphatic carbocycles. The minimum atomic E-state index is -0.879. The maximum atomic E-state index is 12.4. The van der Waals surface area contributed by atoms with Crippen molar-refractivity contribution in [3.63, 3.8) is 0 Å². The van der Waals surface area contributed by atoms with E-state index in [0.29, 0.717) is 13.0 Å². The van der Waals surface area contributed by atoms with Crippen LogP contribution in [0, 0.1) is 5.92 Å². The highest BCUT2D eigenvalue weighted by atomic mass is 79.9. The zero-order chi connectivity index (χ0) is 14.3. The van der Waals surface area contributed by atoms with E-state index in [1.54, 1.807) is 4.90 Å². The van der Waals surface area contributed by atoms with E-state index in [4.69, 9.17) is 5.11 Å². The topological polar surface area (TPSA) is 57.6 Å². The molecular formula is C15H16BrNO3. The lowest BCUT2D eigenvalue weighted by molar-refractivity contribution is -0.148. The third-order valence-electron chi connectivity index (χ3n) is 4.21. The number of amides is 1. The molecule has 3 atom stereocenters. The molecule has 1 aromatic rings. The Morgan fingerprint density at radius 3 is 2.85 bits per heavy atom. The van der Waals surface area contributed by atoms with Crippen molar-refractivity contribution in [3.05, 3.63) is 34.3 Å². The van der Waals surface area contributed by atoms with Gasteiger partial charge >= 0.3 is 5.97 Å². The number of aliphatic carboxylic acids is 1. The molecule has 1 aliphatic heterocycles. The van der Waals surface area contributed by atoms with E-state index >= 15 is 0 Å². The molecule has 1 aromatic carbocycles. The van der Waals surface area contributed by atoms with Gasteiger partial charge in [-0.05, 0) is 42.9 Å². The lowest BCUT2D eigenvalue weighted by atomic mass is 10.1. The molecule has 0 bridgehead atoms. The Hall–Kier alpha value is -1.36. The zero-order valence-electron chi connectivity index (χ0n) is 11.0. The largest absolute Gasteiger partial charge is 0.480 e. The van der Waals surface area contributed by atoms with Crippen LogP contribution in [0.1, 0.15) is 30.7 Å². The van der Waals surface area contributed by atoms with Crippen molar-refractivity contribution in [3.8, 4) is 0 Å². The summed E-state index contributed by atoms with van der Waals surface area (Å²) < 4.78 is 1.01. The van der Waals surface area contributed by atoms with Gasteiger partial charge in [0.15, 0.2) is 0 Å². The second kappa shape index (κ2) is 5.20. The molecule has 2 fully saturated rings. The minimum absolute atomic E-state index is 0.0138. The molecule has 2 aliphatic rings. The average molecular weight is 338 g/mol. The van der Waals surface area contributed by atoms with Gasteiger partial charge in [-0.25, -0.2) is 4.79 Å². The molecule has 4 nitrogen and oxygen atoms in total. The minimum Gasteiger partial charge on any atom is -0.480 e. The van der Waals surface area contributed by atoms with Gasteiger partial charge in [0, 0.05) is 16.9 Å². The Kier molecular flexibility index (Phi) is 3.54. The molecular weight excluding hydrogens is 322 g/mol. The van der Waals surface area contributed by atoms with Gasteiger partial charge in [-0.1, -0.05) is 28.1 Å². The van der Waals surface area contributed by atoms with E-state index in [9.17, 15) is 9.59 Å². The highest BCUT2D eigenvalue weighted by Gasteiger charge is 2.48. The highest BCUT2D eigenvalue weighted by Crippen LogP contribution is 2.49. The van der Waals surface area contributed by atoms with Crippen LogP contribution in [0.15, 0.2) is 28.7 Å². The molecule has 5 heteroatoms. The normalized spacial score (nSPS) is 28.4. The molecule has 1 saturated carbocycles. The van der Waals surface area contributed by atoms with Gasteiger partial charge in [0.2, 0.25) is 5.91 Å². The van der Waals surface area contributed by atoms with Crippen LogP contribution < -0.4 is 0 Å². The number of carboxylic acid groups (broad SMARTS) is 1. The summed E-state index contributed by atoms with van der Waals surface area (Å²) in [5.41, 5.74) is 1.16. The molecule has 0 aromatic heterocycles. The summed E-state index contributed by atoms with van der Waals surface area (Å²) in [4.78, 5) is 25.2. The number of hydrogen-bond acceptors (Lipinski definition) is 2. The maximum absolute atomic E-state index is 12.4. The van der Waals surface area contributed by atoms with Crippen molar-refractivity contribution in [2.24, 2.45) is 5.92 Å². The molecule has 0 spiro atoms. The van der Waals surface area contributed by atoms with Crippen molar-refractivity contribution >= 4 is 27.8 Å². The Morgan fingerprint density at radius 1 is 1.35 bits per heavy atom. The van der Waals surface area contributed by atoms with E-state index in [1.807, 2.05) is 24.3 Å². The lowest BCUT2D eigenvalue weighted by Gasteiger charge is -2.21. The second-order valence-electron chi connectivity index (χ2n) is 5.53. The third-order valence-corrected chi connectivity index (χ3v) is 4.70. The zero-order valence-corrected chi connectivity index (χ0v) is 12.5. The number of carbonyl (C=O) groups is 2. The fourth-order valence-corrected chi connectivity index (χ4v) is 3.49. The van der Waals surface area contributed by atoms with E-state index in [1.165, 1.54) is 0 Å². The van der Waals surface area contributed by atoms with Crippen molar-refractivity contribution < 1.29 is 14.7 Å². The van der Waals surface area contributed by atoms with Crippen molar-refractivity contribution in [2.45, 2.75) is 31.2 Å². The monoisotopic (exact) mass is 337 g/mol. The van der Waals surface area contributed by atoms with E-state index < -0.39 is 12.0 Å². The lowest BCUT2D eigenvalue weighted by Crippen LogP contribution is -2.41. The van der Waals surface area contributed by atoms with Crippen LogP contribution in [0.5, 0.6) is 0 Å². The SMILES string of the molecule is O=C(O)[C@@H]1CCCN1C(=O)[C@@H]1C[C@@H]1c1cccc(Br)c1. The van der Waals surface area contributed by atoms with Crippen LogP contribution in [-0.2, 0) is 9.59 Å². The molecule has 1 saturated heterocycles. The summed E-state index contributed by atoms with van der Waals surface area (Å²) in [6, 6.07) is 7.38. The van der Waals surface area contributed by atoms with Crippen LogP contribution >= 0.6 is 15.9 Å². The van der Waals surface area contributed by atoms with Crippen LogP contribution in [0.4, 0.5) is 0 Å². The van der Waals surface area contributed by atoms with Crippen molar-refractivity contribution in [2.75, 3.05) is 6.54 Å². The highest BCUT2D eigenvalue weighted by molar-refractivity contribution is 9.10. The summed E-state index contributed by atoms with van der Waals surface area (Å²) in [6.07, 6.45) is 2.20. The molecule has 3 rings (SSSR count). The summed E-state index contributed by atoms with van der Waals surface area (Å²) in [7, 11) is 0. The molecule has 106 valence electrons. The number of benzene rings is 1. The standard InChI is InChI=1S/C15H16BrNO3/c16-10-4-1-3-9(7-10)11-8-12(11)14(18)17-6-2-5-13(17)15(19)20/h1,3-4,7,11-13H,2,5-6,8H2,(H,19,20)/t11-,12-,13+/m1/s1. The number of halogens is 1. The number of likely N-dealkylation sites (tertiary alicyclic amines) is 1. The van der Waals surface area contributed by atoms with Gasteiger partial charge in [-0.15, -0.1) is 0 Å². The third kappa shape index (κ3) is 2.46. The Labute approximate surface area is 125 Å². The predicted molar refractivity (Wildman–Crippen MR) is 77.4 cm³/mol. The number of hydrogen-bond donors (Lipinski definition) is 1. The molecule has 20 heavy (non-hydrogen) atoms.